The Labute approximate surface area is 891 Å². The molecule has 0 heterocycles. The van der Waals surface area contributed by atoms with Crippen molar-refractivity contribution in [3.05, 3.63) is 425 Å². The summed E-state index contributed by atoms with van der Waals surface area (Å²) in [5.74, 6) is -2.04. The topological polar surface area (TPSA) is 142 Å². The lowest BCUT2D eigenvalue weighted by atomic mass is 9.82. The second-order valence-electron chi connectivity index (χ2n) is 42.5. The minimum atomic E-state index is -0.416. The zero-order valence-electron chi connectivity index (χ0n) is 92.2. The van der Waals surface area contributed by atoms with Crippen LogP contribution in [-0.2, 0) is 70.2 Å². The van der Waals surface area contributed by atoms with E-state index in [4.69, 9.17) is 18.9 Å². The molecule has 2 saturated carbocycles. The number of rotatable bonds is 39. The number of nitrogens with one attached hydrogen (secondary N) is 2. The highest BCUT2D eigenvalue weighted by atomic mass is 16.6. The second-order valence-corrected chi connectivity index (χ2v) is 42.5. The molecule has 14 aromatic rings. The fraction of sp³-hybridized carbons (Fsp3) is 0.324. The van der Waals surface area contributed by atoms with Crippen molar-refractivity contribution in [3.8, 4) is 0 Å². The van der Waals surface area contributed by atoms with Gasteiger partial charge in [0.2, 0.25) is 0 Å². The molecule has 2 aliphatic carbocycles. The van der Waals surface area contributed by atoms with Crippen LogP contribution in [0.15, 0.2) is 291 Å². The SMILES string of the molecule is C=C(C)C(=O)OCCN(c1ccc(C(c2ccc(N(CCOC(=O)C(=C)CCc3cc(C)c(Nc4ccc(C(c5ccc(N(c6c(C)cc(C)cc6C)C6CCCCC6OC(=O)C(=C)C)cc5)c5ccc(N(c6c(C)cc(C)cc6C)C6CCCCC6OC(=O)C(=C)C)cc5)c5ccccc45)c(C)c3)c3c(CC)cc(C)cc3CC)cc2)c2ccc(Nc3c(C)cc(C)cc3C)c3ccccc23)cc1)c1c(CC)cc(C)cc1CC. The summed E-state index contributed by atoms with van der Waals surface area (Å²) in [5.41, 5.74) is 42.2. The molecule has 5 atom stereocenters. The largest absolute Gasteiger partial charge is 0.460 e. The van der Waals surface area contributed by atoms with E-state index in [9.17, 15) is 19.2 Å². The van der Waals surface area contributed by atoms with E-state index in [1.54, 1.807) is 20.8 Å². The van der Waals surface area contributed by atoms with E-state index in [1.807, 2.05) is 0 Å². The van der Waals surface area contributed by atoms with Gasteiger partial charge in [0.25, 0.3) is 0 Å². The van der Waals surface area contributed by atoms with Gasteiger partial charge in [0, 0.05) is 113 Å². The Morgan fingerprint density at radius 1 is 0.333 bits per heavy atom. The average molecular weight is 2000 g/mol. The molecule has 0 aliphatic heterocycles. The molecule has 0 radical (unpaired) electrons. The highest BCUT2D eigenvalue weighted by Crippen LogP contribution is 2.50. The maximum absolute atomic E-state index is 14.6. The maximum atomic E-state index is 14.6. The minimum absolute atomic E-state index is 0.118. The number of hydrogen-bond donors (Lipinski definition) is 2. The first-order valence-corrected chi connectivity index (χ1v) is 54.2. The molecule has 14 nitrogen and oxygen atoms in total. The third kappa shape index (κ3) is 23.9. The molecule has 774 valence electrons. The number of carbonyl (C=O) groups is 4. The number of nitrogens with zero attached hydrogens (tertiary/aromatic N) is 4. The van der Waals surface area contributed by atoms with Crippen molar-refractivity contribution >= 4 is 114 Å². The highest BCUT2D eigenvalue weighted by Gasteiger charge is 2.40. The van der Waals surface area contributed by atoms with Crippen LogP contribution in [0.3, 0.4) is 0 Å². The smallest absolute Gasteiger partial charge is 0.333 e. The molecular weight excluding hydrogens is 1850 g/mol. The van der Waals surface area contributed by atoms with Crippen LogP contribution in [0.2, 0.25) is 0 Å². The Kier molecular flexibility index (Phi) is 34.4. The van der Waals surface area contributed by atoms with E-state index in [0.717, 1.165) is 239 Å². The zero-order valence-corrected chi connectivity index (χ0v) is 92.2. The Morgan fingerprint density at radius 3 is 0.967 bits per heavy atom. The van der Waals surface area contributed by atoms with E-state index in [-0.39, 0.29) is 61.3 Å². The van der Waals surface area contributed by atoms with Crippen molar-refractivity contribution in [2.45, 2.75) is 264 Å². The van der Waals surface area contributed by atoms with Crippen molar-refractivity contribution in [3.63, 3.8) is 0 Å². The molecule has 150 heavy (non-hydrogen) atoms. The lowest BCUT2D eigenvalue weighted by molar-refractivity contribution is -0.147. The molecule has 2 N–H and O–H groups in total. The second kappa shape index (κ2) is 47.8. The van der Waals surface area contributed by atoms with Crippen LogP contribution in [0.25, 0.3) is 21.5 Å². The number of anilines is 12. The van der Waals surface area contributed by atoms with Gasteiger partial charge in [-0.25, -0.2) is 19.2 Å². The summed E-state index contributed by atoms with van der Waals surface area (Å²) in [6.45, 7) is 59.7. The first kappa shape index (κ1) is 108. The Bertz CT molecular complexity index is 7130. The van der Waals surface area contributed by atoms with Gasteiger partial charge < -0.3 is 49.2 Å². The van der Waals surface area contributed by atoms with E-state index >= 15 is 0 Å². The van der Waals surface area contributed by atoms with Gasteiger partial charge in [0.15, 0.2) is 0 Å². The first-order chi connectivity index (χ1) is 72.1. The van der Waals surface area contributed by atoms with Crippen LogP contribution in [0.4, 0.5) is 68.2 Å². The van der Waals surface area contributed by atoms with Crippen molar-refractivity contribution in [2.75, 3.05) is 56.5 Å². The molecule has 14 heteroatoms. The van der Waals surface area contributed by atoms with Crippen LogP contribution in [0.1, 0.15) is 252 Å². The third-order valence-electron chi connectivity index (χ3n) is 30.7. The molecule has 0 spiro atoms. The maximum Gasteiger partial charge on any atom is 0.333 e. The van der Waals surface area contributed by atoms with Gasteiger partial charge in [0.1, 0.15) is 25.4 Å². The highest BCUT2D eigenvalue weighted by molar-refractivity contribution is 6.01. The fourth-order valence-corrected chi connectivity index (χ4v) is 23.9. The minimum Gasteiger partial charge on any atom is -0.460 e. The number of ether oxygens (including phenoxy) is 4. The van der Waals surface area contributed by atoms with E-state index in [1.165, 1.54) is 61.2 Å². The Balaban J connectivity index is 0.684. The van der Waals surface area contributed by atoms with Gasteiger partial charge in [-0.3, -0.25) is 0 Å². The van der Waals surface area contributed by atoms with Crippen LogP contribution in [0.5, 0.6) is 0 Å². The van der Waals surface area contributed by atoms with Crippen LogP contribution < -0.4 is 30.2 Å². The first-order valence-electron chi connectivity index (χ1n) is 54.2. The molecule has 0 bridgehead atoms. The molecule has 0 aromatic heterocycles. The fourth-order valence-electron chi connectivity index (χ4n) is 23.9. The Morgan fingerprint density at radius 2 is 0.633 bits per heavy atom. The molecular formula is C136H152N6O8. The van der Waals surface area contributed by atoms with Crippen molar-refractivity contribution < 1.29 is 38.1 Å². The van der Waals surface area contributed by atoms with E-state index in [2.05, 4.69) is 417 Å². The van der Waals surface area contributed by atoms with Crippen molar-refractivity contribution in [2.24, 2.45) is 0 Å². The zero-order chi connectivity index (χ0) is 107. The van der Waals surface area contributed by atoms with Gasteiger partial charge in [-0.05, 0) is 365 Å². The van der Waals surface area contributed by atoms with Crippen LogP contribution in [0, 0.1) is 90.0 Å². The summed E-state index contributed by atoms with van der Waals surface area (Å²) in [6, 6.07) is 89.9. The number of benzene rings is 14. The monoisotopic (exact) mass is 2000 g/mol. The normalized spacial score (nSPS) is 14.9. The number of carbonyl (C=O) groups excluding carboxylic acids is 4. The number of hydrogen-bond acceptors (Lipinski definition) is 14. The Hall–Kier alpha value is -14.8. The summed E-state index contributed by atoms with van der Waals surface area (Å²) < 4.78 is 25.1. The lowest BCUT2D eigenvalue weighted by Crippen LogP contribution is -2.46. The molecule has 16 rings (SSSR count). The third-order valence-corrected chi connectivity index (χ3v) is 30.7. The molecule has 0 saturated heterocycles. The van der Waals surface area contributed by atoms with Gasteiger partial charge >= 0.3 is 23.9 Å². The molecule has 14 aromatic carbocycles. The summed E-state index contributed by atoms with van der Waals surface area (Å²) in [7, 11) is 0. The summed E-state index contributed by atoms with van der Waals surface area (Å²) in [5, 5.41) is 12.3. The summed E-state index contributed by atoms with van der Waals surface area (Å²) in [6.07, 6.45) is 10.7. The van der Waals surface area contributed by atoms with E-state index < -0.39 is 11.9 Å². The molecule has 2 aliphatic rings. The molecule has 5 unspecified atom stereocenters. The van der Waals surface area contributed by atoms with Crippen molar-refractivity contribution in [1.29, 1.82) is 0 Å². The number of esters is 4. The standard InChI is InChI=1S/C136H152N6O8/c1-25-101-77-89(14)78-102(26-2)131(101)139(67-69-147-133(143)83(5)6)109-55-47-105(48-56-109)125(117-63-65-119(115-39-31-29-37-113(115)117)137-127-92(17)71-86(11)72-93(127)18)106-49-57-110(58-50-106)140(132-103(27-3)79-90(15)80-104(132)28-4)68-70-148-136(146)91(16)45-46-100-81-94(19)128(95(20)82-100)138-120-66-64-118(114-38-30-32-40-116(114)120)126(107-51-59-111(60-52-107)141(129-96(21)73-87(12)74-97(129)22)121-41-33-35-43-123(121)149-134(144)84(7)8)108-53-61-112(62-54-108)142(130-98(23)75-88(13)76-99(130)24)122-42-34-36-44-124(122)150-135(145)85(9)10/h29-32,37-40,47-66,71-82,121-126,137-138H,5,7,9,16,25-28,33-36,41-46,67-70H2,1-4,6,8,10-15,17-24H3. The summed E-state index contributed by atoms with van der Waals surface area (Å²) >= 11 is 0. The van der Waals surface area contributed by atoms with Gasteiger partial charge in [-0.2, -0.15) is 0 Å². The van der Waals surface area contributed by atoms with Gasteiger partial charge in [-0.15, -0.1) is 0 Å². The summed E-state index contributed by atoms with van der Waals surface area (Å²) in [4.78, 5) is 64.3. The van der Waals surface area contributed by atoms with E-state index in [0.29, 0.717) is 48.2 Å². The van der Waals surface area contributed by atoms with Crippen LogP contribution in [-0.4, -0.2) is 74.5 Å². The number of fused-ring (bicyclic) bond motifs is 2. The van der Waals surface area contributed by atoms with Gasteiger partial charge in [0.05, 0.1) is 25.2 Å². The number of aryl methyl sites for hydroxylation is 18. The van der Waals surface area contributed by atoms with Crippen LogP contribution >= 0.6 is 0 Å². The predicted molar refractivity (Wildman–Crippen MR) is 626 cm³/mol. The lowest BCUT2D eigenvalue weighted by Gasteiger charge is -2.42. The van der Waals surface area contributed by atoms with Crippen molar-refractivity contribution in [1.82, 2.24) is 0 Å². The molecule has 2 fully saturated rings. The predicted octanol–water partition coefficient (Wildman–Crippen LogP) is 33.4. The molecule has 0 amide bonds. The average Bonchev–Trinajstić information content (AvgIpc) is 0.784. The van der Waals surface area contributed by atoms with Gasteiger partial charge in [-0.1, -0.05) is 277 Å². The quantitative estimate of drug-likeness (QED) is 0.0163.